The third kappa shape index (κ3) is 3.62. The van der Waals surface area contributed by atoms with Crippen LogP contribution in [0.2, 0.25) is 0 Å². The van der Waals surface area contributed by atoms with Crippen molar-refractivity contribution in [3.05, 3.63) is 83.1 Å². The van der Waals surface area contributed by atoms with E-state index in [2.05, 4.69) is 20.8 Å². The molecule has 1 aliphatic heterocycles. The van der Waals surface area contributed by atoms with Crippen molar-refractivity contribution in [3.63, 3.8) is 0 Å². The Bertz CT molecular complexity index is 1630. The lowest BCUT2D eigenvalue weighted by Crippen LogP contribution is -2.21. The van der Waals surface area contributed by atoms with Crippen LogP contribution in [0.25, 0.3) is 23.0 Å². The first-order valence-corrected chi connectivity index (χ1v) is 9.98. The molecule has 1 aliphatic rings. The van der Waals surface area contributed by atoms with Crippen molar-refractivity contribution in [2.45, 2.75) is 6.18 Å². The van der Waals surface area contributed by atoms with Crippen LogP contribution in [0.1, 0.15) is 32.7 Å². The van der Waals surface area contributed by atoms with Crippen LogP contribution >= 0.6 is 0 Å². The first-order valence-electron chi connectivity index (χ1n) is 9.98. The van der Waals surface area contributed by atoms with Crippen LogP contribution in [-0.4, -0.2) is 31.2 Å². The number of carbonyl (C=O) groups excluding carboxylic acids is 2. The van der Waals surface area contributed by atoms with Crippen molar-refractivity contribution < 1.29 is 22.8 Å². The quantitative estimate of drug-likeness (QED) is 0.439. The Balaban J connectivity index is 1.59. The van der Waals surface area contributed by atoms with E-state index in [0.29, 0.717) is 21.3 Å². The van der Waals surface area contributed by atoms with Crippen molar-refractivity contribution in [2.75, 3.05) is 5.32 Å². The van der Waals surface area contributed by atoms with E-state index >= 15 is 0 Å². The van der Waals surface area contributed by atoms with Crippen molar-refractivity contribution >= 4 is 34.8 Å². The summed E-state index contributed by atoms with van der Waals surface area (Å²) in [6.07, 6.45) is 1.60. The molecule has 0 aliphatic carbocycles. The first kappa shape index (κ1) is 21.7. The maximum Gasteiger partial charge on any atom is 0.434 e. The molecule has 0 bridgehead atoms. The molecule has 1 amide bonds. The summed E-state index contributed by atoms with van der Waals surface area (Å²) in [6, 6.07) is 9.25. The van der Waals surface area contributed by atoms with Crippen LogP contribution in [0.5, 0.6) is 0 Å². The Kier molecular flexibility index (Phi) is 4.97. The topological polar surface area (TPSA) is 117 Å². The monoisotopic (exact) mass is 475 g/mol. The molecule has 0 saturated carbocycles. The zero-order chi connectivity index (χ0) is 24.7. The average Bonchev–Trinajstić information content (AvgIpc) is 3.47. The minimum atomic E-state index is -4.94. The number of aromatic nitrogens is 4. The lowest BCUT2D eigenvalue weighted by molar-refractivity contribution is -0.143. The Morgan fingerprint density at radius 1 is 1.17 bits per heavy atom. The summed E-state index contributed by atoms with van der Waals surface area (Å²) >= 11 is 0. The van der Waals surface area contributed by atoms with Gasteiger partial charge in [0.05, 0.1) is 34.7 Å². The maximum absolute atomic E-state index is 14.2. The van der Waals surface area contributed by atoms with E-state index in [4.69, 9.17) is 0 Å². The molecular weight excluding hydrogens is 463 g/mol. The van der Waals surface area contributed by atoms with Crippen molar-refractivity contribution in [1.29, 1.82) is 5.26 Å². The van der Waals surface area contributed by atoms with Gasteiger partial charge in [0.1, 0.15) is 11.8 Å². The number of anilines is 1. The number of rotatable bonds is 3. The standard InChI is InChI=1S/C23H12F3N7O2/c24-23(25,26)21-17(22(35)31-14-5-7-32-20(8-14)13(9-27)10-29-32)11-30-33(21)19-3-1-2-15-16(19)4-6-28-18(15)12-34/h1-8,10-11,28H,(H,31,35). The number of benzene rings is 1. The molecule has 35 heavy (non-hydrogen) atoms. The molecule has 0 fully saturated rings. The number of carbonyl (C=O) groups is 1. The molecule has 0 saturated heterocycles. The van der Waals surface area contributed by atoms with Crippen molar-refractivity contribution in [1.82, 2.24) is 24.7 Å². The van der Waals surface area contributed by atoms with E-state index in [1.54, 1.807) is 12.0 Å². The van der Waals surface area contributed by atoms with E-state index in [0.717, 1.165) is 6.20 Å². The largest absolute Gasteiger partial charge is 0.434 e. The second-order valence-corrected chi connectivity index (χ2v) is 7.38. The molecule has 172 valence electrons. The summed E-state index contributed by atoms with van der Waals surface area (Å²) in [5.41, 5.74) is -0.445. The van der Waals surface area contributed by atoms with E-state index in [-0.39, 0.29) is 22.6 Å². The van der Waals surface area contributed by atoms with Gasteiger partial charge in [0.15, 0.2) is 11.6 Å². The van der Waals surface area contributed by atoms with Gasteiger partial charge in [-0.3, -0.25) is 4.79 Å². The highest BCUT2D eigenvalue weighted by molar-refractivity contribution is 6.05. The number of fused-ring (bicyclic) bond motifs is 2. The Morgan fingerprint density at radius 3 is 2.74 bits per heavy atom. The Hall–Kier alpha value is -5.14. The van der Waals surface area contributed by atoms with Crippen LogP contribution in [0.3, 0.4) is 0 Å². The molecule has 9 nitrogen and oxygen atoms in total. The second kappa shape index (κ2) is 8.02. The summed E-state index contributed by atoms with van der Waals surface area (Å²) in [7, 11) is 0. The normalized spacial score (nSPS) is 12.6. The lowest BCUT2D eigenvalue weighted by Gasteiger charge is -2.19. The molecule has 12 heteroatoms. The summed E-state index contributed by atoms with van der Waals surface area (Å²) in [4.78, 5) is 24.1. The molecule has 4 aromatic rings. The van der Waals surface area contributed by atoms with Gasteiger partial charge in [-0.05, 0) is 24.3 Å². The molecular formula is C23H12F3N7O2. The number of amides is 1. The number of pyridine rings is 1. The Labute approximate surface area is 194 Å². The number of nitrogens with one attached hydrogen (secondary N) is 2. The number of nitriles is 1. The summed E-state index contributed by atoms with van der Waals surface area (Å²) in [5.74, 6) is 0.675. The van der Waals surface area contributed by atoms with Gasteiger partial charge in [0.25, 0.3) is 5.91 Å². The molecule has 3 aromatic heterocycles. The van der Waals surface area contributed by atoms with Gasteiger partial charge in [0, 0.05) is 29.2 Å². The molecule has 1 aromatic carbocycles. The zero-order valence-corrected chi connectivity index (χ0v) is 17.5. The predicted octanol–water partition coefficient (Wildman–Crippen LogP) is 3.41. The van der Waals surface area contributed by atoms with Gasteiger partial charge in [-0.15, -0.1) is 0 Å². The molecule has 5 rings (SSSR count). The van der Waals surface area contributed by atoms with Gasteiger partial charge in [0.2, 0.25) is 0 Å². The minimum Gasteiger partial charge on any atom is -0.352 e. The highest BCUT2D eigenvalue weighted by Gasteiger charge is 2.41. The molecule has 0 spiro atoms. The van der Waals surface area contributed by atoms with Gasteiger partial charge < -0.3 is 10.6 Å². The highest BCUT2D eigenvalue weighted by Crippen LogP contribution is 2.36. The molecule has 0 unspecified atom stereocenters. The van der Waals surface area contributed by atoms with E-state index < -0.39 is 23.3 Å². The number of halogens is 3. The van der Waals surface area contributed by atoms with Crippen LogP contribution < -0.4 is 10.6 Å². The third-order valence-corrected chi connectivity index (χ3v) is 5.34. The zero-order valence-electron chi connectivity index (χ0n) is 17.5. The number of hydrogen-bond acceptors (Lipinski definition) is 6. The number of alkyl halides is 3. The van der Waals surface area contributed by atoms with Crippen LogP contribution in [0.4, 0.5) is 18.9 Å². The summed E-state index contributed by atoms with van der Waals surface area (Å²) < 4.78 is 44.6. The fourth-order valence-corrected chi connectivity index (χ4v) is 3.81. The first-order chi connectivity index (χ1) is 16.8. The molecule has 0 radical (unpaired) electrons. The van der Waals surface area contributed by atoms with Crippen LogP contribution in [-0.2, 0) is 11.0 Å². The highest BCUT2D eigenvalue weighted by atomic mass is 19.4. The predicted molar refractivity (Wildman–Crippen MR) is 118 cm³/mol. The number of hydrogen-bond donors (Lipinski definition) is 2. The average molecular weight is 475 g/mol. The summed E-state index contributed by atoms with van der Waals surface area (Å²) in [6.45, 7) is 0. The number of nitrogens with zero attached hydrogens (tertiary/aromatic N) is 5. The van der Waals surface area contributed by atoms with Crippen molar-refractivity contribution in [2.24, 2.45) is 0 Å². The minimum absolute atomic E-state index is 0.0266. The van der Waals surface area contributed by atoms with Crippen LogP contribution in [0, 0.1) is 11.3 Å². The third-order valence-electron chi connectivity index (χ3n) is 5.34. The van der Waals surface area contributed by atoms with Crippen LogP contribution in [0.15, 0.2) is 55.1 Å². The Morgan fingerprint density at radius 2 is 2.00 bits per heavy atom. The smallest absolute Gasteiger partial charge is 0.352 e. The molecule has 4 heterocycles. The molecule has 2 N–H and O–H groups in total. The SMILES string of the molecule is N#Cc1cnn2ccc(NC(=O)c3cnn(-c4cccc5c4C=CNC5=C=O)c3C(F)(F)F)cc12. The van der Waals surface area contributed by atoms with E-state index in [1.165, 1.54) is 53.5 Å². The lowest BCUT2D eigenvalue weighted by atomic mass is 10.0. The van der Waals surface area contributed by atoms with Crippen molar-refractivity contribution in [3.8, 4) is 11.8 Å². The van der Waals surface area contributed by atoms with Gasteiger partial charge in [-0.1, -0.05) is 12.1 Å². The van der Waals surface area contributed by atoms with E-state index in [1.807, 2.05) is 6.07 Å². The van der Waals surface area contributed by atoms with Gasteiger partial charge in [-0.25, -0.2) is 14.0 Å². The van der Waals surface area contributed by atoms with E-state index in [9.17, 15) is 28.0 Å². The fourth-order valence-electron chi connectivity index (χ4n) is 3.81. The second-order valence-electron chi connectivity index (χ2n) is 7.38. The molecule has 0 atom stereocenters. The fraction of sp³-hybridized carbons (Fsp3) is 0.0435. The summed E-state index contributed by atoms with van der Waals surface area (Å²) in [5, 5.41) is 22.1. The van der Waals surface area contributed by atoms with Gasteiger partial charge >= 0.3 is 6.18 Å². The maximum atomic E-state index is 14.2. The van der Waals surface area contributed by atoms with Gasteiger partial charge in [-0.2, -0.15) is 28.6 Å².